The van der Waals surface area contributed by atoms with Gasteiger partial charge in [0.1, 0.15) is 23.0 Å². The number of nitrogens with zero attached hydrogens (tertiary/aromatic N) is 5. The van der Waals surface area contributed by atoms with Crippen LogP contribution in [0.3, 0.4) is 0 Å². The maximum absolute atomic E-state index is 6.00. The lowest BCUT2D eigenvalue weighted by Gasteiger charge is -2.08. The monoisotopic (exact) mass is 267 g/mol. The fourth-order valence-corrected chi connectivity index (χ4v) is 1.60. The lowest BCUT2D eigenvalue weighted by molar-refractivity contribution is 0.787. The molecule has 0 radical (unpaired) electrons. The van der Waals surface area contributed by atoms with Gasteiger partial charge in [0.05, 0.1) is 6.20 Å². The van der Waals surface area contributed by atoms with Gasteiger partial charge in [-0.25, -0.2) is 4.98 Å². The second-order valence-electron chi connectivity index (χ2n) is 3.68. The molecule has 0 aromatic carbocycles. The fourth-order valence-electron chi connectivity index (χ4n) is 1.44. The van der Waals surface area contributed by atoms with E-state index in [4.69, 9.17) is 11.6 Å². The Morgan fingerprint density at radius 2 is 2.28 bits per heavy atom. The van der Waals surface area contributed by atoms with Gasteiger partial charge >= 0.3 is 0 Å². The molecular weight excluding hydrogens is 254 g/mol. The second kappa shape index (κ2) is 5.63. The molecule has 2 aromatic rings. The molecule has 8 heteroatoms. The molecule has 0 saturated heterocycles. The Hall–Kier alpha value is -1.89. The summed E-state index contributed by atoms with van der Waals surface area (Å²) in [6.45, 7) is 0.673. The molecule has 18 heavy (non-hydrogen) atoms. The zero-order chi connectivity index (χ0) is 13.0. The number of hydrogen-bond acceptors (Lipinski definition) is 6. The van der Waals surface area contributed by atoms with Crippen molar-refractivity contribution in [2.24, 2.45) is 7.05 Å². The molecule has 2 heterocycles. The predicted molar refractivity (Wildman–Crippen MR) is 69.8 cm³/mol. The number of nitrogens with one attached hydrogen (secondary N) is 2. The molecule has 0 aliphatic carbocycles. The molecule has 0 aliphatic heterocycles. The molecule has 0 amide bonds. The van der Waals surface area contributed by atoms with E-state index in [2.05, 4.69) is 30.8 Å². The third-order valence-corrected chi connectivity index (χ3v) is 2.69. The normalized spacial score (nSPS) is 10.4. The van der Waals surface area contributed by atoms with E-state index in [1.165, 1.54) is 0 Å². The zero-order valence-electron chi connectivity index (χ0n) is 10.2. The molecule has 0 saturated carbocycles. The summed E-state index contributed by atoms with van der Waals surface area (Å²) >= 11 is 6.00. The van der Waals surface area contributed by atoms with Crippen LogP contribution in [0.25, 0.3) is 0 Å². The largest absolute Gasteiger partial charge is 0.368 e. The van der Waals surface area contributed by atoms with Crippen molar-refractivity contribution in [2.45, 2.75) is 6.42 Å². The predicted octanol–water partition coefficient (Wildman–Crippen LogP) is 0.955. The topological polar surface area (TPSA) is 80.5 Å². The quantitative estimate of drug-likeness (QED) is 0.840. The van der Waals surface area contributed by atoms with Crippen LogP contribution in [0.15, 0.2) is 12.5 Å². The van der Waals surface area contributed by atoms with Gasteiger partial charge in [-0.1, -0.05) is 11.6 Å². The lowest BCUT2D eigenvalue weighted by Crippen LogP contribution is -2.11. The summed E-state index contributed by atoms with van der Waals surface area (Å²) in [5.74, 6) is 2.04. The highest BCUT2D eigenvalue weighted by Crippen LogP contribution is 2.18. The van der Waals surface area contributed by atoms with E-state index in [9.17, 15) is 0 Å². The average Bonchev–Trinajstić information content (AvgIpc) is 2.77. The Morgan fingerprint density at radius 1 is 1.44 bits per heavy atom. The van der Waals surface area contributed by atoms with Crippen LogP contribution in [0, 0.1) is 0 Å². The van der Waals surface area contributed by atoms with Crippen LogP contribution in [-0.4, -0.2) is 38.3 Å². The first kappa shape index (κ1) is 12.6. The van der Waals surface area contributed by atoms with Crippen molar-refractivity contribution in [2.75, 3.05) is 24.2 Å². The van der Waals surface area contributed by atoms with E-state index in [0.29, 0.717) is 23.3 Å². The van der Waals surface area contributed by atoms with Gasteiger partial charge in [-0.2, -0.15) is 4.98 Å². The van der Waals surface area contributed by atoms with Gasteiger partial charge < -0.3 is 15.2 Å². The van der Waals surface area contributed by atoms with Crippen molar-refractivity contribution >= 4 is 23.4 Å². The molecule has 0 fully saturated rings. The SMILES string of the molecule is CNc1ncc(Cl)c(NCCc2nncn2C)n1. The molecule has 0 atom stereocenters. The molecule has 7 nitrogen and oxygen atoms in total. The molecule has 0 aliphatic rings. The molecule has 0 unspecified atom stereocenters. The van der Waals surface area contributed by atoms with Gasteiger partial charge in [-0.15, -0.1) is 10.2 Å². The highest BCUT2D eigenvalue weighted by atomic mass is 35.5. The van der Waals surface area contributed by atoms with Gasteiger partial charge in [-0.05, 0) is 0 Å². The Balaban J connectivity index is 1.96. The highest BCUT2D eigenvalue weighted by molar-refractivity contribution is 6.32. The van der Waals surface area contributed by atoms with Crippen LogP contribution >= 0.6 is 11.6 Å². The van der Waals surface area contributed by atoms with E-state index in [0.717, 1.165) is 12.2 Å². The van der Waals surface area contributed by atoms with Crippen molar-refractivity contribution in [1.29, 1.82) is 0 Å². The zero-order valence-corrected chi connectivity index (χ0v) is 10.9. The molecule has 0 spiro atoms. The summed E-state index contributed by atoms with van der Waals surface area (Å²) in [4.78, 5) is 8.23. The Morgan fingerprint density at radius 3 is 2.94 bits per heavy atom. The first-order valence-corrected chi connectivity index (χ1v) is 5.85. The van der Waals surface area contributed by atoms with Crippen LogP contribution < -0.4 is 10.6 Å². The molecule has 2 rings (SSSR count). The average molecular weight is 268 g/mol. The van der Waals surface area contributed by atoms with Gasteiger partial charge in [0.25, 0.3) is 0 Å². The number of anilines is 2. The van der Waals surface area contributed by atoms with Crippen LogP contribution in [0.4, 0.5) is 11.8 Å². The molecule has 0 bridgehead atoms. The van der Waals surface area contributed by atoms with Crippen molar-refractivity contribution in [3.63, 3.8) is 0 Å². The van der Waals surface area contributed by atoms with Crippen molar-refractivity contribution in [3.8, 4) is 0 Å². The Bertz CT molecular complexity index is 525. The van der Waals surface area contributed by atoms with Crippen LogP contribution in [0.2, 0.25) is 5.02 Å². The van der Waals surface area contributed by atoms with Crippen molar-refractivity contribution in [3.05, 3.63) is 23.4 Å². The molecular formula is C10H14ClN7. The van der Waals surface area contributed by atoms with E-state index in [-0.39, 0.29) is 0 Å². The minimum Gasteiger partial charge on any atom is -0.368 e. The standard InChI is InChI=1S/C10H14ClN7/c1-12-10-14-5-7(11)9(16-10)13-4-3-8-17-15-6-18(8)2/h5-6H,3-4H2,1-2H3,(H2,12,13,14,16). The van der Waals surface area contributed by atoms with Gasteiger partial charge in [0, 0.05) is 27.1 Å². The fraction of sp³-hybridized carbons (Fsp3) is 0.400. The van der Waals surface area contributed by atoms with E-state index >= 15 is 0 Å². The highest BCUT2D eigenvalue weighted by Gasteiger charge is 2.05. The summed E-state index contributed by atoms with van der Waals surface area (Å²) in [6, 6.07) is 0. The smallest absolute Gasteiger partial charge is 0.224 e. The molecule has 2 aromatic heterocycles. The molecule has 96 valence electrons. The maximum atomic E-state index is 6.00. The third-order valence-electron chi connectivity index (χ3n) is 2.41. The summed E-state index contributed by atoms with van der Waals surface area (Å²) in [5.41, 5.74) is 0. The maximum Gasteiger partial charge on any atom is 0.224 e. The van der Waals surface area contributed by atoms with Crippen LogP contribution in [-0.2, 0) is 13.5 Å². The Labute approximate surface area is 110 Å². The van der Waals surface area contributed by atoms with E-state index < -0.39 is 0 Å². The third kappa shape index (κ3) is 2.86. The van der Waals surface area contributed by atoms with Gasteiger partial charge in [-0.3, -0.25) is 0 Å². The second-order valence-corrected chi connectivity index (χ2v) is 4.08. The van der Waals surface area contributed by atoms with Crippen molar-refractivity contribution in [1.82, 2.24) is 24.7 Å². The minimum absolute atomic E-state index is 0.493. The first-order valence-electron chi connectivity index (χ1n) is 5.47. The van der Waals surface area contributed by atoms with Gasteiger partial charge in [0.15, 0.2) is 0 Å². The summed E-state index contributed by atoms with van der Waals surface area (Å²) < 4.78 is 1.88. The number of rotatable bonds is 5. The number of aryl methyl sites for hydroxylation is 1. The summed E-state index contributed by atoms with van der Waals surface area (Å²) in [7, 11) is 3.67. The summed E-state index contributed by atoms with van der Waals surface area (Å²) in [5, 5.41) is 14.3. The van der Waals surface area contributed by atoms with Gasteiger partial charge in [0.2, 0.25) is 5.95 Å². The minimum atomic E-state index is 0.493. The lowest BCUT2D eigenvalue weighted by atomic mass is 10.4. The van der Waals surface area contributed by atoms with Crippen molar-refractivity contribution < 1.29 is 0 Å². The number of aromatic nitrogens is 5. The van der Waals surface area contributed by atoms with E-state index in [1.807, 2.05) is 11.6 Å². The molecule has 2 N–H and O–H groups in total. The van der Waals surface area contributed by atoms with E-state index in [1.54, 1.807) is 19.6 Å². The van der Waals surface area contributed by atoms with Crippen LogP contribution in [0.1, 0.15) is 5.82 Å². The number of halogens is 1. The number of hydrogen-bond donors (Lipinski definition) is 2. The summed E-state index contributed by atoms with van der Waals surface area (Å²) in [6.07, 6.45) is 3.98. The Kier molecular flexibility index (Phi) is 3.93. The first-order chi connectivity index (χ1) is 8.70. The van der Waals surface area contributed by atoms with Crippen LogP contribution in [0.5, 0.6) is 0 Å².